The molecule has 2 rings (SSSR count). The average Bonchev–Trinajstić information content (AvgIpc) is 3.21. The Kier molecular flexibility index (Phi) is 10.1. The van der Waals surface area contributed by atoms with E-state index >= 15 is 0 Å². The number of halogens is 1. The molecule has 0 saturated carbocycles. The number of sulfonamides is 1. The van der Waals surface area contributed by atoms with Gasteiger partial charge in [0.25, 0.3) is 10.0 Å². The molecule has 2 N–H and O–H groups in total. The fourth-order valence-corrected chi connectivity index (χ4v) is 5.93. The first kappa shape index (κ1) is 23.0. The summed E-state index contributed by atoms with van der Waals surface area (Å²) in [6.45, 7) is 4.23. The summed E-state index contributed by atoms with van der Waals surface area (Å²) in [5.41, 5.74) is 0. The summed E-state index contributed by atoms with van der Waals surface area (Å²) in [6, 6.07) is 3.49. The van der Waals surface area contributed by atoms with Crippen LogP contribution in [-0.4, -0.2) is 56.9 Å². The van der Waals surface area contributed by atoms with Gasteiger partial charge in [-0.3, -0.25) is 0 Å². The molecule has 0 spiro atoms. The molecule has 0 radical (unpaired) electrons. The molecule has 1 aliphatic heterocycles. The lowest BCUT2D eigenvalue weighted by Gasteiger charge is -2.14. The molecule has 1 aromatic rings. The molecule has 1 unspecified atom stereocenters. The van der Waals surface area contributed by atoms with Gasteiger partial charge in [0.2, 0.25) is 0 Å². The third kappa shape index (κ3) is 6.89. The SMILES string of the molecule is CCNC(=NCc1ccc(S(=O)(=O)N(C)C)s1)NCC1CCCS1.I. The van der Waals surface area contributed by atoms with Crippen molar-refractivity contribution in [3.63, 3.8) is 0 Å². The van der Waals surface area contributed by atoms with Crippen molar-refractivity contribution in [3.8, 4) is 0 Å². The number of nitrogens with one attached hydrogen (secondary N) is 2. The Morgan fingerprint density at radius 1 is 1.36 bits per heavy atom. The van der Waals surface area contributed by atoms with Crippen molar-refractivity contribution in [2.45, 2.75) is 35.8 Å². The Morgan fingerprint density at radius 3 is 2.72 bits per heavy atom. The highest BCUT2D eigenvalue weighted by Gasteiger charge is 2.19. The topological polar surface area (TPSA) is 73.8 Å². The molecule has 144 valence electrons. The first-order valence-electron chi connectivity index (χ1n) is 8.08. The van der Waals surface area contributed by atoms with Gasteiger partial charge < -0.3 is 10.6 Å². The largest absolute Gasteiger partial charge is 0.357 e. The highest BCUT2D eigenvalue weighted by Crippen LogP contribution is 2.25. The van der Waals surface area contributed by atoms with E-state index in [1.165, 1.54) is 34.2 Å². The number of aliphatic imine (C=N–C) groups is 1. The van der Waals surface area contributed by atoms with Crippen LogP contribution < -0.4 is 10.6 Å². The predicted molar refractivity (Wildman–Crippen MR) is 119 cm³/mol. The molecule has 1 atom stereocenters. The quantitative estimate of drug-likeness (QED) is 0.330. The second-order valence-corrected chi connectivity index (χ2v) is 10.7. The molecule has 1 aromatic heterocycles. The molecule has 1 aliphatic rings. The highest BCUT2D eigenvalue weighted by molar-refractivity contribution is 14.0. The fraction of sp³-hybridized carbons (Fsp3) is 0.667. The van der Waals surface area contributed by atoms with Crippen LogP contribution in [0.15, 0.2) is 21.3 Å². The van der Waals surface area contributed by atoms with Crippen molar-refractivity contribution in [3.05, 3.63) is 17.0 Å². The minimum absolute atomic E-state index is 0. The zero-order valence-electron chi connectivity index (χ0n) is 14.8. The van der Waals surface area contributed by atoms with Crippen LogP contribution >= 0.6 is 47.1 Å². The lowest BCUT2D eigenvalue weighted by atomic mass is 10.2. The molecule has 0 aromatic carbocycles. The Bertz CT molecular complexity index is 655. The lowest BCUT2D eigenvalue weighted by molar-refractivity contribution is 0.523. The Balaban J connectivity index is 0.00000312. The average molecular weight is 519 g/mol. The minimum Gasteiger partial charge on any atom is -0.357 e. The van der Waals surface area contributed by atoms with Crippen LogP contribution in [-0.2, 0) is 16.6 Å². The summed E-state index contributed by atoms with van der Waals surface area (Å²) in [5.74, 6) is 2.04. The number of hydrogen-bond acceptors (Lipinski definition) is 5. The summed E-state index contributed by atoms with van der Waals surface area (Å²) in [6.07, 6.45) is 2.55. The van der Waals surface area contributed by atoms with E-state index in [-0.39, 0.29) is 24.0 Å². The van der Waals surface area contributed by atoms with Crippen LogP contribution in [0, 0.1) is 0 Å². The van der Waals surface area contributed by atoms with Crippen molar-refractivity contribution in [1.82, 2.24) is 14.9 Å². The van der Waals surface area contributed by atoms with E-state index in [2.05, 4.69) is 15.6 Å². The van der Waals surface area contributed by atoms with Crippen LogP contribution in [0.5, 0.6) is 0 Å². The van der Waals surface area contributed by atoms with Gasteiger partial charge in [-0.1, -0.05) is 0 Å². The van der Waals surface area contributed by atoms with E-state index in [0.717, 1.165) is 23.9 Å². The van der Waals surface area contributed by atoms with E-state index in [9.17, 15) is 8.42 Å². The maximum absolute atomic E-state index is 12.1. The maximum atomic E-state index is 12.1. The van der Waals surface area contributed by atoms with Gasteiger partial charge in [-0.25, -0.2) is 17.7 Å². The van der Waals surface area contributed by atoms with Crippen LogP contribution in [0.2, 0.25) is 0 Å². The number of thioether (sulfide) groups is 1. The van der Waals surface area contributed by atoms with Crippen LogP contribution in [0.4, 0.5) is 0 Å². The van der Waals surface area contributed by atoms with E-state index in [0.29, 0.717) is 16.0 Å². The Labute approximate surface area is 176 Å². The molecule has 0 aliphatic carbocycles. The molecule has 1 fully saturated rings. The molecular weight excluding hydrogens is 491 g/mol. The summed E-state index contributed by atoms with van der Waals surface area (Å²) in [7, 11) is -0.271. The first-order chi connectivity index (χ1) is 11.4. The highest BCUT2D eigenvalue weighted by atomic mass is 127. The normalized spacial score (nSPS) is 18.2. The fourth-order valence-electron chi connectivity index (χ4n) is 2.28. The van der Waals surface area contributed by atoms with Gasteiger partial charge in [0, 0.05) is 37.3 Å². The summed E-state index contributed by atoms with van der Waals surface area (Å²) >= 11 is 3.29. The standard InChI is InChI=1S/C15H26N4O2S3.HI/c1-4-16-15(17-10-12-6-5-9-22-12)18-11-13-7-8-14(23-13)24(20,21)19(2)3;/h7-8,12H,4-6,9-11H2,1-3H3,(H2,16,17,18);1H. The molecule has 10 heteroatoms. The van der Waals surface area contributed by atoms with Gasteiger partial charge in [0.15, 0.2) is 5.96 Å². The second kappa shape index (κ2) is 11.0. The molecule has 2 heterocycles. The van der Waals surface area contributed by atoms with Crippen molar-refractivity contribution in [2.75, 3.05) is 32.9 Å². The molecule has 0 bridgehead atoms. The second-order valence-electron chi connectivity index (χ2n) is 5.72. The van der Waals surface area contributed by atoms with Crippen LogP contribution in [0.1, 0.15) is 24.6 Å². The van der Waals surface area contributed by atoms with Gasteiger partial charge in [0.1, 0.15) is 4.21 Å². The smallest absolute Gasteiger partial charge is 0.252 e. The van der Waals surface area contributed by atoms with E-state index < -0.39 is 10.0 Å². The predicted octanol–water partition coefficient (Wildman–Crippen LogP) is 2.57. The minimum atomic E-state index is -3.36. The molecule has 1 saturated heterocycles. The van der Waals surface area contributed by atoms with E-state index in [4.69, 9.17) is 0 Å². The van der Waals surface area contributed by atoms with Crippen molar-refractivity contribution >= 4 is 63.1 Å². The molecule has 25 heavy (non-hydrogen) atoms. The van der Waals surface area contributed by atoms with Crippen LogP contribution in [0.25, 0.3) is 0 Å². The van der Waals surface area contributed by atoms with Gasteiger partial charge in [-0.05, 0) is 37.7 Å². The van der Waals surface area contributed by atoms with E-state index in [1.54, 1.807) is 20.2 Å². The summed E-state index contributed by atoms with van der Waals surface area (Å²) in [4.78, 5) is 5.51. The van der Waals surface area contributed by atoms with E-state index in [1.807, 2.05) is 24.8 Å². The van der Waals surface area contributed by atoms with Gasteiger partial charge in [-0.15, -0.1) is 35.3 Å². The number of hydrogen-bond donors (Lipinski definition) is 2. The van der Waals surface area contributed by atoms with Crippen LogP contribution in [0.3, 0.4) is 0 Å². The Morgan fingerprint density at radius 2 is 2.12 bits per heavy atom. The van der Waals surface area contributed by atoms with Gasteiger partial charge >= 0.3 is 0 Å². The van der Waals surface area contributed by atoms with Crippen molar-refractivity contribution < 1.29 is 8.42 Å². The Hall–Kier alpha value is -0.0400. The number of guanidine groups is 1. The summed E-state index contributed by atoms with van der Waals surface area (Å²) in [5, 5.41) is 7.28. The zero-order valence-corrected chi connectivity index (χ0v) is 19.6. The summed E-state index contributed by atoms with van der Waals surface area (Å²) < 4.78 is 25.8. The maximum Gasteiger partial charge on any atom is 0.252 e. The van der Waals surface area contributed by atoms with Crippen molar-refractivity contribution in [1.29, 1.82) is 0 Å². The monoisotopic (exact) mass is 518 g/mol. The number of rotatable bonds is 7. The zero-order chi connectivity index (χ0) is 17.6. The number of thiophene rings is 1. The van der Waals surface area contributed by atoms with Crippen molar-refractivity contribution in [2.24, 2.45) is 4.99 Å². The lowest BCUT2D eigenvalue weighted by Crippen LogP contribution is -2.40. The third-order valence-electron chi connectivity index (χ3n) is 3.63. The molecule has 0 amide bonds. The number of nitrogens with zero attached hydrogens (tertiary/aromatic N) is 2. The third-order valence-corrected chi connectivity index (χ3v) is 8.38. The molecular formula is C15H27IN4O2S3. The van der Waals surface area contributed by atoms with Gasteiger partial charge in [-0.2, -0.15) is 11.8 Å². The van der Waals surface area contributed by atoms with Gasteiger partial charge in [0.05, 0.1) is 6.54 Å². The first-order valence-corrected chi connectivity index (χ1v) is 11.4. The molecule has 6 nitrogen and oxygen atoms in total.